The molecule has 0 fully saturated rings. The maximum absolute atomic E-state index is 8.89. The molecule has 1 aromatic carbocycles. The van der Waals surface area contributed by atoms with Crippen molar-refractivity contribution in [2.75, 3.05) is 6.61 Å². The van der Waals surface area contributed by atoms with Gasteiger partial charge in [0.1, 0.15) is 12.7 Å². The Morgan fingerprint density at radius 3 is 2.60 bits per heavy atom. The second-order valence-electron chi connectivity index (χ2n) is 3.22. The number of rotatable bonds is 3. The van der Waals surface area contributed by atoms with Crippen molar-refractivity contribution in [2.45, 2.75) is 6.04 Å². The molecule has 2 aromatic rings. The highest BCUT2D eigenvalue weighted by Crippen LogP contribution is 2.12. The van der Waals surface area contributed by atoms with Gasteiger partial charge in [-0.1, -0.05) is 12.1 Å². The molecule has 0 aliphatic carbocycles. The molecule has 1 aromatic heterocycles. The summed E-state index contributed by atoms with van der Waals surface area (Å²) in [6.07, 6.45) is 3.11. The molecule has 0 aliphatic heterocycles. The summed E-state index contributed by atoms with van der Waals surface area (Å²) >= 11 is 0. The number of nitrogens with two attached hydrogens (primary N) is 1. The van der Waals surface area contributed by atoms with Gasteiger partial charge in [-0.15, -0.1) is 0 Å². The molecule has 0 aliphatic rings. The first kappa shape index (κ1) is 9.82. The molecule has 78 valence electrons. The van der Waals surface area contributed by atoms with Gasteiger partial charge in [-0.25, -0.2) is 9.67 Å². The number of aliphatic hydroxyl groups excluding tert-OH is 1. The second-order valence-corrected chi connectivity index (χ2v) is 3.22. The van der Waals surface area contributed by atoms with E-state index in [-0.39, 0.29) is 12.6 Å². The third-order valence-electron chi connectivity index (χ3n) is 2.20. The fourth-order valence-electron chi connectivity index (χ4n) is 1.32. The van der Waals surface area contributed by atoms with Crippen LogP contribution in [0.1, 0.15) is 11.6 Å². The van der Waals surface area contributed by atoms with Crippen molar-refractivity contribution in [1.82, 2.24) is 14.8 Å². The van der Waals surface area contributed by atoms with Crippen molar-refractivity contribution in [3.63, 3.8) is 0 Å². The second kappa shape index (κ2) is 4.20. The Hall–Kier alpha value is -1.72. The minimum absolute atomic E-state index is 0.0529. The third-order valence-corrected chi connectivity index (χ3v) is 2.20. The molecule has 0 saturated heterocycles. The number of hydrogen-bond donors (Lipinski definition) is 2. The third kappa shape index (κ3) is 2.03. The Labute approximate surface area is 87.2 Å². The molecule has 1 heterocycles. The summed E-state index contributed by atoms with van der Waals surface area (Å²) in [7, 11) is 0. The average molecular weight is 204 g/mol. The van der Waals surface area contributed by atoms with Crippen molar-refractivity contribution < 1.29 is 5.11 Å². The van der Waals surface area contributed by atoms with Gasteiger partial charge in [0, 0.05) is 0 Å². The van der Waals surface area contributed by atoms with Gasteiger partial charge in [-0.2, -0.15) is 5.10 Å². The number of nitrogens with zero attached hydrogens (tertiary/aromatic N) is 3. The number of aromatic nitrogens is 3. The fourth-order valence-corrected chi connectivity index (χ4v) is 1.32. The number of benzene rings is 1. The summed E-state index contributed by atoms with van der Waals surface area (Å²) in [5, 5.41) is 12.9. The summed E-state index contributed by atoms with van der Waals surface area (Å²) in [6.45, 7) is -0.0529. The Kier molecular flexibility index (Phi) is 2.75. The van der Waals surface area contributed by atoms with Crippen molar-refractivity contribution in [2.24, 2.45) is 5.73 Å². The van der Waals surface area contributed by atoms with Crippen LogP contribution in [0, 0.1) is 0 Å². The molecule has 0 bridgehead atoms. The molecule has 0 radical (unpaired) electrons. The Morgan fingerprint density at radius 2 is 2.07 bits per heavy atom. The lowest BCUT2D eigenvalue weighted by molar-refractivity contribution is 0.268. The van der Waals surface area contributed by atoms with Crippen molar-refractivity contribution in [3.05, 3.63) is 42.5 Å². The van der Waals surface area contributed by atoms with E-state index in [0.717, 1.165) is 11.3 Å². The largest absolute Gasteiger partial charge is 0.394 e. The first-order valence-corrected chi connectivity index (χ1v) is 4.62. The number of aliphatic hydroxyl groups is 1. The highest BCUT2D eigenvalue weighted by Gasteiger charge is 2.04. The fraction of sp³-hybridized carbons (Fsp3) is 0.200. The van der Waals surface area contributed by atoms with E-state index in [0.29, 0.717) is 0 Å². The first-order valence-electron chi connectivity index (χ1n) is 4.62. The van der Waals surface area contributed by atoms with E-state index in [2.05, 4.69) is 10.1 Å². The Balaban J connectivity index is 2.25. The predicted molar refractivity (Wildman–Crippen MR) is 55.4 cm³/mol. The van der Waals surface area contributed by atoms with Crippen LogP contribution < -0.4 is 5.73 Å². The van der Waals surface area contributed by atoms with E-state index in [1.807, 2.05) is 24.3 Å². The standard InChI is InChI=1S/C10H12N4O/c11-10(5-15)8-1-3-9(4-2-8)14-7-12-6-13-14/h1-4,6-7,10,15H,5,11H2/t10-/m0/s1. The van der Waals surface area contributed by atoms with Crippen LogP contribution in [0.25, 0.3) is 5.69 Å². The summed E-state index contributed by atoms with van der Waals surface area (Å²) in [6, 6.07) is 7.20. The van der Waals surface area contributed by atoms with E-state index in [9.17, 15) is 0 Å². The molecule has 3 N–H and O–H groups in total. The molecular formula is C10H12N4O. The predicted octanol–water partition coefficient (Wildman–Crippen LogP) is 0.259. The molecule has 15 heavy (non-hydrogen) atoms. The SMILES string of the molecule is N[C@@H](CO)c1ccc(-n2cncn2)cc1. The molecule has 5 heteroatoms. The lowest BCUT2D eigenvalue weighted by atomic mass is 10.1. The molecule has 0 unspecified atom stereocenters. The molecule has 0 spiro atoms. The lowest BCUT2D eigenvalue weighted by Gasteiger charge is -2.08. The molecule has 0 saturated carbocycles. The van der Waals surface area contributed by atoms with Crippen molar-refractivity contribution >= 4 is 0 Å². The highest BCUT2D eigenvalue weighted by atomic mass is 16.3. The van der Waals surface area contributed by atoms with Crippen molar-refractivity contribution in [1.29, 1.82) is 0 Å². The molecule has 0 amide bonds. The quantitative estimate of drug-likeness (QED) is 0.751. The van der Waals surface area contributed by atoms with Crippen LogP contribution >= 0.6 is 0 Å². The molecule has 5 nitrogen and oxygen atoms in total. The molecular weight excluding hydrogens is 192 g/mol. The smallest absolute Gasteiger partial charge is 0.138 e. The van der Waals surface area contributed by atoms with Crippen molar-refractivity contribution in [3.8, 4) is 5.69 Å². The van der Waals surface area contributed by atoms with E-state index in [1.54, 1.807) is 11.0 Å². The van der Waals surface area contributed by atoms with Gasteiger partial charge in [0.25, 0.3) is 0 Å². The van der Waals surface area contributed by atoms with Gasteiger partial charge < -0.3 is 10.8 Å². The average Bonchev–Trinajstić information content (AvgIpc) is 2.82. The first-order chi connectivity index (χ1) is 7.31. The van der Waals surface area contributed by atoms with Crippen LogP contribution in [0.5, 0.6) is 0 Å². The minimum Gasteiger partial charge on any atom is -0.394 e. The maximum Gasteiger partial charge on any atom is 0.138 e. The Bertz CT molecular complexity index is 409. The van der Waals surface area contributed by atoms with Gasteiger partial charge in [-0.3, -0.25) is 0 Å². The van der Waals surface area contributed by atoms with Crippen LogP contribution in [0.4, 0.5) is 0 Å². The highest BCUT2D eigenvalue weighted by molar-refractivity contribution is 5.34. The van der Waals surface area contributed by atoms with E-state index < -0.39 is 0 Å². The van der Waals surface area contributed by atoms with E-state index >= 15 is 0 Å². The molecule has 2 rings (SSSR count). The monoisotopic (exact) mass is 204 g/mol. The van der Waals surface area contributed by atoms with E-state index in [1.165, 1.54) is 6.33 Å². The summed E-state index contributed by atoms with van der Waals surface area (Å²) in [4.78, 5) is 3.86. The zero-order valence-corrected chi connectivity index (χ0v) is 8.11. The minimum atomic E-state index is -0.324. The maximum atomic E-state index is 8.89. The lowest BCUT2D eigenvalue weighted by Crippen LogP contribution is -2.14. The van der Waals surface area contributed by atoms with Gasteiger partial charge >= 0.3 is 0 Å². The van der Waals surface area contributed by atoms with E-state index in [4.69, 9.17) is 10.8 Å². The summed E-state index contributed by atoms with van der Waals surface area (Å²) in [5.74, 6) is 0. The van der Waals surface area contributed by atoms with Crippen LogP contribution in [0.3, 0.4) is 0 Å². The zero-order valence-electron chi connectivity index (χ0n) is 8.11. The van der Waals surface area contributed by atoms with Crippen LogP contribution in [-0.2, 0) is 0 Å². The summed E-state index contributed by atoms with van der Waals surface area (Å²) in [5.41, 5.74) is 7.50. The van der Waals surface area contributed by atoms with Gasteiger partial charge in [-0.05, 0) is 17.7 Å². The topological polar surface area (TPSA) is 77.0 Å². The normalized spacial score (nSPS) is 12.7. The van der Waals surface area contributed by atoms with Gasteiger partial charge in [0.15, 0.2) is 0 Å². The molecule has 1 atom stereocenters. The van der Waals surface area contributed by atoms with Gasteiger partial charge in [0.2, 0.25) is 0 Å². The van der Waals surface area contributed by atoms with Crippen LogP contribution in [0.2, 0.25) is 0 Å². The van der Waals surface area contributed by atoms with Crippen LogP contribution in [-0.4, -0.2) is 26.5 Å². The Morgan fingerprint density at radius 1 is 1.33 bits per heavy atom. The summed E-state index contributed by atoms with van der Waals surface area (Å²) < 4.78 is 1.66. The zero-order chi connectivity index (χ0) is 10.7. The van der Waals surface area contributed by atoms with Crippen LogP contribution in [0.15, 0.2) is 36.9 Å². The number of hydrogen-bond acceptors (Lipinski definition) is 4. The van der Waals surface area contributed by atoms with Gasteiger partial charge in [0.05, 0.1) is 18.3 Å².